The van der Waals surface area contributed by atoms with Gasteiger partial charge in [-0.2, -0.15) is 0 Å². The van der Waals surface area contributed by atoms with E-state index in [2.05, 4.69) is 38.8 Å². The largest absolute Gasteiger partial charge is 0.415 e. The van der Waals surface area contributed by atoms with Crippen LogP contribution in [0.25, 0.3) is 0 Å². The van der Waals surface area contributed by atoms with Gasteiger partial charge in [-0.3, -0.25) is 4.79 Å². The molecule has 0 bridgehead atoms. The van der Waals surface area contributed by atoms with E-state index in [9.17, 15) is 4.79 Å². The molecule has 2 rings (SSSR count). The molecule has 0 aliphatic heterocycles. The van der Waals surface area contributed by atoms with Gasteiger partial charge in [0.1, 0.15) is 5.15 Å². The van der Waals surface area contributed by atoms with Crippen molar-refractivity contribution in [2.24, 2.45) is 0 Å². The zero-order valence-electron chi connectivity index (χ0n) is 16.8. The number of benzene rings is 1. The summed E-state index contributed by atoms with van der Waals surface area (Å²) >= 11 is 6.15. The quantitative estimate of drug-likeness (QED) is 0.458. The average Bonchev–Trinajstić information content (AvgIpc) is 2.60. The third-order valence-electron chi connectivity index (χ3n) is 5.12. The maximum Gasteiger partial charge on any atom is 0.257 e. The lowest BCUT2D eigenvalue weighted by Crippen LogP contribution is -2.43. The molecule has 0 N–H and O–H groups in total. The lowest BCUT2D eigenvalue weighted by molar-refractivity contribution is 0.0711. The van der Waals surface area contributed by atoms with Crippen LogP contribution >= 0.6 is 11.6 Å². The molecule has 146 valence electrons. The molecule has 0 unspecified atom stereocenters. The van der Waals surface area contributed by atoms with E-state index in [1.54, 1.807) is 23.2 Å². The zero-order chi connectivity index (χ0) is 20.1. The highest BCUT2D eigenvalue weighted by Gasteiger charge is 2.37. The van der Waals surface area contributed by atoms with E-state index in [0.29, 0.717) is 25.3 Å². The molecule has 27 heavy (non-hydrogen) atoms. The lowest BCUT2D eigenvalue weighted by Gasteiger charge is -2.37. The number of hydrogen-bond donors (Lipinski definition) is 0. The number of pyridine rings is 1. The van der Waals surface area contributed by atoms with Gasteiger partial charge in [0, 0.05) is 19.3 Å². The molecule has 1 aromatic carbocycles. The van der Waals surface area contributed by atoms with E-state index in [1.165, 1.54) is 0 Å². The topological polar surface area (TPSA) is 42.4 Å². The predicted octanol–water partition coefficient (Wildman–Crippen LogP) is 5.40. The Morgan fingerprint density at radius 1 is 1.15 bits per heavy atom. The average molecular weight is 405 g/mol. The van der Waals surface area contributed by atoms with Gasteiger partial charge in [0.25, 0.3) is 5.91 Å². The second-order valence-corrected chi connectivity index (χ2v) is 13.3. The first-order valence-electron chi connectivity index (χ1n) is 9.19. The van der Waals surface area contributed by atoms with Crippen LogP contribution in [0.1, 0.15) is 36.7 Å². The van der Waals surface area contributed by atoms with Gasteiger partial charge >= 0.3 is 0 Å². The Balaban J connectivity index is 2.15. The molecular formula is C21H29ClN2O2Si. The Morgan fingerprint density at radius 3 is 2.41 bits per heavy atom. The highest BCUT2D eigenvalue weighted by molar-refractivity contribution is 6.74. The fraction of sp³-hybridized carbons (Fsp3) is 0.429. The molecule has 1 amide bonds. The van der Waals surface area contributed by atoms with Crippen molar-refractivity contribution in [1.29, 1.82) is 0 Å². The van der Waals surface area contributed by atoms with E-state index < -0.39 is 8.32 Å². The second-order valence-electron chi connectivity index (χ2n) is 8.16. The van der Waals surface area contributed by atoms with Gasteiger partial charge in [-0.25, -0.2) is 4.98 Å². The summed E-state index contributed by atoms with van der Waals surface area (Å²) in [5.74, 6) is -0.129. The minimum absolute atomic E-state index is 0.129. The van der Waals surface area contributed by atoms with E-state index in [4.69, 9.17) is 16.0 Å². The Kier molecular flexibility index (Phi) is 7.20. The number of halogens is 1. The normalized spacial score (nSPS) is 12.1. The monoisotopic (exact) mass is 404 g/mol. The van der Waals surface area contributed by atoms with Gasteiger partial charge in [0.2, 0.25) is 0 Å². The summed E-state index contributed by atoms with van der Waals surface area (Å²) in [4.78, 5) is 18.9. The summed E-state index contributed by atoms with van der Waals surface area (Å²) in [6.07, 6.45) is 1.58. The minimum Gasteiger partial charge on any atom is -0.415 e. The molecule has 2 aromatic rings. The Labute approximate surface area is 168 Å². The predicted molar refractivity (Wildman–Crippen MR) is 114 cm³/mol. The summed E-state index contributed by atoms with van der Waals surface area (Å²) in [6.45, 7) is 12.6. The summed E-state index contributed by atoms with van der Waals surface area (Å²) in [5.41, 5.74) is 1.49. The van der Waals surface area contributed by atoms with Crippen molar-refractivity contribution in [2.75, 3.05) is 13.2 Å². The molecule has 0 saturated heterocycles. The summed E-state index contributed by atoms with van der Waals surface area (Å²) in [7, 11) is -1.87. The van der Waals surface area contributed by atoms with Crippen molar-refractivity contribution in [3.8, 4) is 0 Å². The van der Waals surface area contributed by atoms with E-state index in [0.717, 1.165) is 5.56 Å². The molecule has 0 spiro atoms. The molecule has 0 saturated carbocycles. The number of carbonyl (C=O) groups is 1. The van der Waals surface area contributed by atoms with E-state index in [1.807, 2.05) is 30.3 Å². The van der Waals surface area contributed by atoms with Crippen molar-refractivity contribution in [3.63, 3.8) is 0 Å². The van der Waals surface area contributed by atoms with Gasteiger partial charge in [-0.15, -0.1) is 0 Å². The van der Waals surface area contributed by atoms with Crippen LogP contribution in [-0.4, -0.2) is 37.3 Å². The van der Waals surface area contributed by atoms with Crippen LogP contribution < -0.4 is 0 Å². The number of hydrogen-bond acceptors (Lipinski definition) is 3. The van der Waals surface area contributed by atoms with Crippen molar-refractivity contribution in [2.45, 2.75) is 45.4 Å². The van der Waals surface area contributed by atoms with Crippen LogP contribution in [0, 0.1) is 0 Å². The fourth-order valence-electron chi connectivity index (χ4n) is 2.40. The molecule has 1 aromatic heterocycles. The fourth-order valence-corrected chi connectivity index (χ4v) is 3.63. The number of carbonyl (C=O) groups excluding carboxylic acids is 1. The SMILES string of the molecule is CC(C)(C)[Si](C)(C)OCCN(Cc1ccccc1)C(=O)c1cccnc1Cl. The van der Waals surface area contributed by atoms with Crippen molar-refractivity contribution in [3.05, 3.63) is 64.9 Å². The maximum absolute atomic E-state index is 13.1. The number of rotatable bonds is 7. The second kappa shape index (κ2) is 9.00. The molecule has 0 aliphatic carbocycles. The molecular weight excluding hydrogens is 376 g/mol. The first-order valence-corrected chi connectivity index (χ1v) is 12.5. The maximum atomic E-state index is 13.1. The minimum atomic E-state index is -1.87. The van der Waals surface area contributed by atoms with Crippen LogP contribution in [0.4, 0.5) is 0 Å². The number of amides is 1. The summed E-state index contributed by atoms with van der Waals surface area (Å²) in [5, 5.41) is 0.361. The van der Waals surface area contributed by atoms with Crippen LogP contribution in [-0.2, 0) is 11.0 Å². The van der Waals surface area contributed by atoms with Gasteiger partial charge in [-0.05, 0) is 35.8 Å². The lowest BCUT2D eigenvalue weighted by atomic mass is 10.2. The molecule has 0 aliphatic rings. The van der Waals surface area contributed by atoms with Crippen molar-refractivity contribution < 1.29 is 9.22 Å². The van der Waals surface area contributed by atoms with E-state index >= 15 is 0 Å². The van der Waals surface area contributed by atoms with Crippen LogP contribution in [0.5, 0.6) is 0 Å². The smallest absolute Gasteiger partial charge is 0.257 e. The first kappa shape index (κ1) is 21.6. The molecule has 0 radical (unpaired) electrons. The zero-order valence-corrected chi connectivity index (χ0v) is 18.6. The number of aromatic nitrogens is 1. The van der Waals surface area contributed by atoms with Crippen LogP contribution in [0.2, 0.25) is 23.3 Å². The Hall–Kier alpha value is -1.69. The third kappa shape index (κ3) is 5.89. The van der Waals surface area contributed by atoms with Gasteiger partial charge in [0.05, 0.1) is 12.2 Å². The molecule has 0 fully saturated rings. The Bertz CT molecular complexity index is 760. The molecule has 4 nitrogen and oxygen atoms in total. The van der Waals surface area contributed by atoms with Crippen molar-refractivity contribution in [1.82, 2.24) is 9.88 Å². The highest BCUT2D eigenvalue weighted by atomic mass is 35.5. The van der Waals surface area contributed by atoms with Gasteiger partial charge < -0.3 is 9.33 Å². The summed E-state index contributed by atoms with van der Waals surface area (Å²) in [6, 6.07) is 13.4. The van der Waals surface area contributed by atoms with Gasteiger partial charge in [0.15, 0.2) is 8.32 Å². The van der Waals surface area contributed by atoms with Crippen LogP contribution in [0.15, 0.2) is 48.7 Å². The Morgan fingerprint density at radius 2 is 1.81 bits per heavy atom. The number of nitrogens with zero attached hydrogens (tertiary/aromatic N) is 2. The molecule has 1 heterocycles. The molecule has 6 heteroatoms. The van der Waals surface area contributed by atoms with Crippen LogP contribution in [0.3, 0.4) is 0 Å². The highest BCUT2D eigenvalue weighted by Crippen LogP contribution is 2.36. The van der Waals surface area contributed by atoms with Crippen molar-refractivity contribution >= 4 is 25.8 Å². The van der Waals surface area contributed by atoms with Gasteiger partial charge in [-0.1, -0.05) is 62.7 Å². The van der Waals surface area contributed by atoms with E-state index in [-0.39, 0.29) is 16.1 Å². The summed E-state index contributed by atoms with van der Waals surface area (Å²) < 4.78 is 6.27. The first-order chi connectivity index (χ1) is 12.6. The molecule has 0 atom stereocenters. The standard InChI is InChI=1S/C21H29ClN2O2Si/c1-21(2,3)27(4,5)26-15-14-24(16-17-10-7-6-8-11-17)20(25)18-12-9-13-23-19(18)22/h6-13H,14-16H2,1-5H3. The third-order valence-corrected chi connectivity index (χ3v) is 9.96.